The molecule has 0 aliphatic carbocycles. The molecule has 3 rings (SSSR count). The average molecular weight is 439 g/mol. The van der Waals surface area contributed by atoms with E-state index in [1.807, 2.05) is 18.2 Å². The molecule has 0 aliphatic heterocycles. The van der Waals surface area contributed by atoms with Crippen LogP contribution in [0.5, 0.6) is 0 Å². The maximum absolute atomic E-state index is 6.08. The van der Waals surface area contributed by atoms with Crippen molar-refractivity contribution in [3.63, 3.8) is 0 Å². The van der Waals surface area contributed by atoms with E-state index in [-0.39, 0.29) is 0 Å². The third kappa shape index (κ3) is 8.27. The van der Waals surface area contributed by atoms with Crippen LogP contribution in [0.4, 0.5) is 0 Å². The van der Waals surface area contributed by atoms with Gasteiger partial charge in [-0.2, -0.15) is 22.8 Å². The van der Waals surface area contributed by atoms with Crippen molar-refractivity contribution in [3.8, 4) is 12.2 Å². The van der Waals surface area contributed by atoms with Crippen LogP contribution in [0.1, 0.15) is 45.4 Å². The highest BCUT2D eigenvalue weighted by Crippen LogP contribution is 2.07. The van der Waals surface area contributed by atoms with Crippen LogP contribution >= 0.6 is 0 Å². The third-order valence-electron chi connectivity index (χ3n) is 6.33. The molecule has 33 heavy (non-hydrogen) atoms. The van der Waals surface area contributed by atoms with Gasteiger partial charge in [0, 0.05) is 0 Å². The minimum absolute atomic E-state index is 1.12. The predicted molar refractivity (Wildman–Crippen MR) is 149 cm³/mol. The summed E-state index contributed by atoms with van der Waals surface area (Å²) in [5, 5.41) is 0. The van der Waals surface area contributed by atoms with Gasteiger partial charge >= 0.3 is 0 Å². The van der Waals surface area contributed by atoms with Crippen LogP contribution in [0.25, 0.3) is 0 Å². The van der Waals surface area contributed by atoms with Gasteiger partial charge in [0.15, 0.2) is 0 Å². The molecule has 0 aromatic heterocycles. The smallest absolute Gasteiger partial charge is 0.148 e. The number of quaternary nitrogens is 1. The summed E-state index contributed by atoms with van der Waals surface area (Å²) in [6, 6.07) is 31.1. The Bertz CT molecular complexity index is 840. The summed E-state index contributed by atoms with van der Waals surface area (Å²) in [5.41, 5.74) is 3.53. The molecule has 0 bridgehead atoms. The SMILES string of the molecule is C#C[B-](c1ccccc1)(c1ccccc1)c1ccccc1.CCCCCCCC[N+](C)(C)C. The van der Waals surface area contributed by atoms with Crippen LogP contribution in [0.2, 0.25) is 0 Å². The molecule has 3 aromatic carbocycles. The van der Waals surface area contributed by atoms with Crippen LogP contribution in [-0.4, -0.2) is 38.3 Å². The Morgan fingerprint density at radius 3 is 1.30 bits per heavy atom. The second kappa shape index (κ2) is 13.7. The lowest BCUT2D eigenvalue weighted by Crippen LogP contribution is -2.66. The van der Waals surface area contributed by atoms with Gasteiger partial charge in [0.1, 0.15) is 6.15 Å². The molecule has 0 N–H and O–H groups in total. The van der Waals surface area contributed by atoms with E-state index in [1.54, 1.807) is 0 Å². The van der Waals surface area contributed by atoms with Crippen LogP contribution in [0.3, 0.4) is 0 Å². The molecule has 2 heteroatoms. The van der Waals surface area contributed by atoms with Crippen molar-refractivity contribution < 1.29 is 4.48 Å². The van der Waals surface area contributed by atoms with Gasteiger partial charge in [0.25, 0.3) is 0 Å². The summed E-state index contributed by atoms with van der Waals surface area (Å²) >= 11 is 0. The molecular formula is C31H42BN. The van der Waals surface area contributed by atoms with E-state index >= 15 is 0 Å². The number of rotatable bonds is 10. The zero-order valence-corrected chi connectivity index (χ0v) is 21.2. The van der Waals surface area contributed by atoms with Gasteiger partial charge < -0.3 is 10.3 Å². The van der Waals surface area contributed by atoms with Crippen molar-refractivity contribution in [1.29, 1.82) is 0 Å². The molecule has 0 saturated heterocycles. The molecule has 3 aromatic rings. The van der Waals surface area contributed by atoms with Crippen molar-refractivity contribution in [3.05, 3.63) is 91.0 Å². The van der Waals surface area contributed by atoms with Crippen molar-refractivity contribution >= 4 is 22.5 Å². The molecule has 0 spiro atoms. The molecule has 0 atom stereocenters. The van der Waals surface area contributed by atoms with E-state index in [0.29, 0.717) is 0 Å². The first-order valence-electron chi connectivity index (χ1n) is 12.5. The Morgan fingerprint density at radius 2 is 0.970 bits per heavy atom. The fourth-order valence-corrected chi connectivity index (χ4v) is 4.46. The van der Waals surface area contributed by atoms with Gasteiger partial charge in [-0.1, -0.05) is 124 Å². The molecular weight excluding hydrogens is 397 g/mol. The fourth-order valence-electron chi connectivity index (χ4n) is 4.46. The number of hydrogen-bond acceptors (Lipinski definition) is 0. The molecule has 0 unspecified atom stereocenters. The Labute approximate surface area is 203 Å². The lowest BCUT2D eigenvalue weighted by atomic mass is 9.16. The van der Waals surface area contributed by atoms with Crippen LogP contribution in [-0.2, 0) is 0 Å². The maximum Gasteiger partial charge on any atom is 0.148 e. The quantitative estimate of drug-likeness (QED) is 0.172. The highest BCUT2D eigenvalue weighted by Gasteiger charge is 2.27. The Morgan fingerprint density at radius 1 is 0.606 bits per heavy atom. The first kappa shape index (κ1) is 26.5. The van der Waals surface area contributed by atoms with Crippen molar-refractivity contribution in [2.45, 2.75) is 45.4 Å². The second-order valence-electron chi connectivity index (χ2n) is 10.0. The summed E-state index contributed by atoms with van der Waals surface area (Å²) in [5.74, 6) is 3.13. The number of terminal acetylenes is 1. The average Bonchev–Trinajstić information content (AvgIpc) is 2.84. The molecule has 0 heterocycles. The highest BCUT2D eigenvalue weighted by atomic mass is 15.3. The van der Waals surface area contributed by atoms with E-state index in [2.05, 4.69) is 107 Å². The normalized spacial score (nSPS) is 11.2. The number of hydrogen-bond donors (Lipinski definition) is 0. The van der Waals surface area contributed by atoms with Gasteiger partial charge in [0.2, 0.25) is 0 Å². The molecule has 0 fully saturated rings. The lowest BCUT2D eigenvalue weighted by Gasteiger charge is -2.38. The third-order valence-corrected chi connectivity index (χ3v) is 6.33. The topological polar surface area (TPSA) is 0 Å². The molecule has 174 valence electrons. The Balaban J connectivity index is 0.000000277. The molecule has 0 aliphatic rings. The Kier molecular flexibility index (Phi) is 11.0. The lowest BCUT2D eigenvalue weighted by molar-refractivity contribution is -0.870. The van der Waals surface area contributed by atoms with Gasteiger partial charge in [-0.05, 0) is 12.8 Å². The highest BCUT2D eigenvalue weighted by molar-refractivity contribution is 7.16. The van der Waals surface area contributed by atoms with E-state index < -0.39 is 6.15 Å². The standard InChI is InChI=1S/C20H16B.C11H26N/c1-2-21(18-12-6-3-7-13-18,19-14-8-4-9-15-19)20-16-10-5-11-17-20;1-5-6-7-8-9-10-11-12(2,3)4/h1,3-17H;5-11H2,1-4H3/q-1;+1. The van der Waals surface area contributed by atoms with E-state index in [9.17, 15) is 0 Å². The summed E-state index contributed by atoms with van der Waals surface area (Å²) in [6.45, 7) is 3.60. The van der Waals surface area contributed by atoms with Crippen LogP contribution in [0, 0.1) is 12.2 Å². The zero-order chi connectivity index (χ0) is 24.0. The van der Waals surface area contributed by atoms with E-state index in [1.165, 1.54) is 61.5 Å². The first-order valence-corrected chi connectivity index (χ1v) is 12.5. The summed E-state index contributed by atoms with van der Waals surface area (Å²) in [7, 11) is 6.81. The van der Waals surface area contributed by atoms with Crippen molar-refractivity contribution in [2.24, 2.45) is 0 Å². The first-order chi connectivity index (χ1) is 15.9. The van der Waals surface area contributed by atoms with E-state index in [4.69, 9.17) is 6.42 Å². The fraction of sp³-hybridized carbons (Fsp3) is 0.355. The number of unbranched alkanes of at least 4 members (excludes halogenated alkanes) is 5. The van der Waals surface area contributed by atoms with Crippen LogP contribution in [0.15, 0.2) is 91.0 Å². The predicted octanol–water partition coefficient (Wildman–Crippen LogP) is 5.38. The largest absolute Gasteiger partial charge is 0.331 e. The van der Waals surface area contributed by atoms with E-state index in [0.717, 1.165) is 4.48 Å². The summed E-state index contributed by atoms with van der Waals surface area (Å²) < 4.78 is 1.12. The van der Waals surface area contributed by atoms with Crippen molar-refractivity contribution in [1.82, 2.24) is 0 Å². The number of nitrogens with zero attached hydrogens (tertiary/aromatic N) is 1. The van der Waals surface area contributed by atoms with Gasteiger partial charge in [-0.3, -0.25) is 0 Å². The Hall–Kier alpha value is -2.76. The van der Waals surface area contributed by atoms with Crippen molar-refractivity contribution in [2.75, 3.05) is 27.7 Å². The molecule has 1 nitrogen and oxygen atoms in total. The second-order valence-corrected chi connectivity index (χ2v) is 10.0. The minimum Gasteiger partial charge on any atom is -0.331 e. The number of benzene rings is 3. The molecule has 0 saturated carbocycles. The summed E-state index contributed by atoms with van der Waals surface area (Å²) in [4.78, 5) is 0. The van der Waals surface area contributed by atoms with Gasteiger partial charge in [0.05, 0.1) is 27.7 Å². The summed E-state index contributed by atoms with van der Waals surface area (Å²) in [6.07, 6.45) is 13.2. The van der Waals surface area contributed by atoms with Gasteiger partial charge in [-0.25, -0.2) is 0 Å². The van der Waals surface area contributed by atoms with Crippen LogP contribution < -0.4 is 16.4 Å². The maximum atomic E-state index is 6.08. The zero-order valence-electron chi connectivity index (χ0n) is 21.2. The molecule has 0 radical (unpaired) electrons. The monoisotopic (exact) mass is 439 g/mol. The molecule has 0 amide bonds. The van der Waals surface area contributed by atoms with Gasteiger partial charge in [-0.15, -0.1) is 0 Å². The minimum atomic E-state index is -1.37.